The van der Waals surface area contributed by atoms with Gasteiger partial charge in [-0.3, -0.25) is 9.59 Å². The molecule has 2 amide bonds. The van der Waals surface area contributed by atoms with Gasteiger partial charge in [0.05, 0.1) is 10.8 Å². The van der Waals surface area contributed by atoms with E-state index in [1.54, 1.807) is 18.3 Å². The fraction of sp³-hybridized carbons (Fsp3) is 0.500. The normalized spacial score (nSPS) is 20.3. The number of piperidine rings is 1. The molecule has 2 aliphatic heterocycles. The van der Waals surface area contributed by atoms with Crippen LogP contribution in [0.15, 0.2) is 29.6 Å². The number of anilines is 1. The zero-order valence-corrected chi connectivity index (χ0v) is 16.9. The van der Waals surface area contributed by atoms with E-state index in [1.807, 2.05) is 39.4 Å². The molecule has 148 valence electrons. The van der Waals surface area contributed by atoms with Gasteiger partial charge >= 0.3 is 0 Å². The molecule has 2 aromatic heterocycles. The van der Waals surface area contributed by atoms with Gasteiger partial charge in [-0.15, -0.1) is 21.5 Å². The molecular formula is C20H25N5O2S. The Morgan fingerprint density at radius 2 is 1.82 bits per heavy atom. The third-order valence-corrected chi connectivity index (χ3v) is 6.45. The van der Waals surface area contributed by atoms with Crippen LogP contribution >= 0.6 is 11.3 Å². The van der Waals surface area contributed by atoms with E-state index in [0.29, 0.717) is 32.7 Å². The van der Waals surface area contributed by atoms with Crippen LogP contribution in [0.5, 0.6) is 0 Å². The van der Waals surface area contributed by atoms with Crippen molar-refractivity contribution in [2.24, 2.45) is 5.92 Å². The Labute approximate surface area is 169 Å². The van der Waals surface area contributed by atoms with Crippen LogP contribution < -0.4 is 4.90 Å². The highest BCUT2D eigenvalue weighted by Gasteiger charge is 2.32. The summed E-state index contributed by atoms with van der Waals surface area (Å²) in [6.45, 7) is 5.68. The minimum Gasteiger partial charge on any atom is -0.354 e. The summed E-state index contributed by atoms with van der Waals surface area (Å²) < 4.78 is 0. The fourth-order valence-corrected chi connectivity index (χ4v) is 4.63. The number of aromatic nitrogens is 2. The van der Waals surface area contributed by atoms with E-state index in [0.717, 1.165) is 35.8 Å². The third-order valence-electron chi connectivity index (χ3n) is 5.56. The van der Waals surface area contributed by atoms with E-state index in [9.17, 15) is 9.59 Å². The molecule has 7 nitrogen and oxygen atoms in total. The second-order valence-corrected chi connectivity index (χ2v) is 8.32. The van der Waals surface area contributed by atoms with Gasteiger partial charge in [-0.05, 0) is 36.4 Å². The van der Waals surface area contributed by atoms with Gasteiger partial charge in [-0.25, -0.2) is 0 Å². The van der Waals surface area contributed by atoms with Crippen molar-refractivity contribution in [2.45, 2.75) is 19.8 Å². The monoisotopic (exact) mass is 399 g/mol. The van der Waals surface area contributed by atoms with E-state index in [1.165, 1.54) is 0 Å². The highest BCUT2D eigenvalue weighted by atomic mass is 32.1. The molecule has 4 rings (SSSR count). The Morgan fingerprint density at radius 3 is 2.46 bits per heavy atom. The van der Waals surface area contributed by atoms with Crippen LogP contribution in [-0.4, -0.2) is 71.1 Å². The lowest BCUT2D eigenvalue weighted by molar-refractivity contribution is -0.141. The number of hydrogen-bond acceptors (Lipinski definition) is 6. The number of nitrogens with zero attached hydrogens (tertiary/aromatic N) is 5. The Hall–Kier alpha value is -2.48. The summed E-state index contributed by atoms with van der Waals surface area (Å²) >= 11 is 1.65. The predicted octanol–water partition coefficient (Wildman–Crippen LogP) is 2.11. The van der Waals surface area contributed by atoms with E-state index >= 15 is 0 Å². The molecule has 2 saturated heterocycles. The topological polar surface area (TPSA) is 69.6 Å². The molecule has 4 heterocycles. The summed E-state index contributed by atoms with van der Waals surface area (Å²) in [7, 11) is 0. The number of carbonyl (C=O) groups excluding carboxylic acids is 2. The summed E-state index contributed by atoms with van der Waals surface area (Å²) in [6.07, 6.45) is 1.88. The Kier molecular flexibility index (Phi) is 5.57. The number of carbonyl (C=O) groups is 2. The number of piperazine rings is 1. The lowest BCUT2D eigenvalue weighted by Gasteiger charge is -2.39. The first-order valence-electron chi connectivity index (χ1n) is 9.78. The van der Waals surface area contributed by atoms with Gasteiger partial charge in [0, 0.05) is 46.2 Å². The average Bonchev–Trinajstić information content (AvgIpc) is 3.28. The number of amides is 2. The molecular weight excluding hydrogens is 374 g/mol. The van der Waals surface area contributed by atoms with Gasteiger partial charge in [0.15, 0.2) is 5.82 Å². The van der Waals surface area contributed by atoms with E-state index in [2.05, 4.69) is 15.1 Å². The molecule has 0 aliphatic carbocycles. The number of rotatable bonds is 3. The highest BCUT2D eigenvalue weighted by Crippen LogP contribution is 2.26. The molecule has 28 heavy (non-hydrogen) atoms. The molecule has 0 aromatic carbocycles. The van der Waals surface area contributed by atoms with Gasteiger partial charge in [0.1, 0.15) is 5.69 Å². The number of hydrogen-bond donors (Lipinski definition) is 0. The molecule has 0 bridgehead atoms. The Balaban J connectivity index is 1.38. The average molecular weight is 400 g/mol. The predicted molar refractivity (Wildman–Crippen MR) is 109 cm³/mol. The van der Waals surface area contributed by atoms with Crippen molar-refractivity contribution < 1.29 is 9.59 Å². The van der Waals surface area contributed by atoms with Crippen molar-refractivity contribution in [3.8, 4) is 10.6 Å². The quantitative estimate of drug-likeness (QED) is 0.791. The van der Waals surface area contributed by atoms with Gasteiger partial charge in [-0.1, -0.05) is 6.07 Å². The van der Waals surface area contributed by atoms with Crippen LogP contribution in [0.2, 0.25) is 0 Å². The van der Waals surface area contributed by atoms with Crippen LogP contribution in [0.25, 0.3) is 10.6 Å². The molecule has 2 fully saturated rings. The molecule has 0 radical (unpaired) electrons. The molecule has 0 saturated carbocycles. The van der Waals surface area contributed by atoms with Crippen molar-refractivity contribution in [3.05, 3.63) is 29.6 Å². The summed E-state index contributed by atoms with van der Waals surface area (Å²) in [5.74, 6) is 1.10. The lowest BCUT2D eigenvalue weighted by Crippen LogP contribution is -2.53. The van der Waals surface area contributed by atoms with Crippen molar-refractivity contribution in [3.63, 3.8) is 0 Å². The summed E-state index contributed by atoms with van der Waals surface area (Å²) in [5.41, 5.74) is 0.881. The van der Waals surface area contributed by atoms with Crippen LogP contribution in [0, 0.1) is 5.92 Å². The fourth-order valence-electron chi connectivity index (χ4n) is 3.94. The summed E-state index contributed by atoms with van der Waals surface area (Å²) in [4.78, 5) is 31.5. The first-order valence-corrected chi connectivity index (χ1v) is 10.7. The van der Waals surface area contributed by atoms with Crippen molar-refractivity contribution in [2.75, 3.05) is 44.2 Å². The zero-order valence-electron chi connectivity index (χ0n) is 16.1. The largest absolute Gasteiger partial charge is 0.354 e. The molecule has 2 aromatic rings. The molecule has 1 atom stereocenters. The van der Waals surface area contributed by atoms with E-state index in [4.69, 9.17) is 0 Å². The smallest absolute Gasteiger partial charge is 0.227 e. The molecule has 8 heteroatoms. The molecule has 0 N–H and O–H groups in total. The zero-order chi connectivity index (χ0) is 19.5. The van der Waals surface area contributed by atoms with Crippen LogP contribution in [-0.2, 0) is 9.59 Å². The SMILES string of the molecule is CC(=O)N1CCN(C(=O)C2CCCN(c3ccc(-c4cccs4)nn3)C2)CC1. The molecule has 2 aliphatic rings. The van der Waals surface area contributed by atoms with E-state index < -0.39 is 0 Å². The van der Waals surface area contributed by atoms with Gasteiger partial charge in [0.25, 0.3) is 0 Å². The van der Waals surface area contributed by atoms with Crippen LogP contribution in [0.4, 0.5) is 5.82 Å². The van der Waals surface area contributed by atoms with E-state index in [-0.39, 0.29) is 17.7 Å². The van der Waals surface area contributed by atoms with Crippen molar-refractivity contribution in [1.29, 1.82) is 0 Å². The summed E-state index contributed by atoms with van der Waals surface area (Å²) in [5, 5.41) is 10.8. The maximum atomic E-state index is 13.0. The minimum atomic E-state index is -0.0172. The highest BCUT2D eigenvalue weighted by molar-refractivity contribution is 7.13. The first-order chi connectivity index (χ1) is 13.6. The minimum absolute atomic E-state index is 0.0172. The second-order valence-electron chi connectivity index (χ2n) is 7.37. The number of thiophene rings is 1. The summed E-state index contributed by atoms with van der Waals surface area (Å²) in [6, 6.07) is 8.05. The third kappa shape index (κ3) is 4.01. The van der Waals surface area contributed by atoms with Crippen LogP contribution in [0.3, 0.4) is 0 Å². The first kappa shape index (κ1) is 18.9. The van der Waals surface area contributed by atoms with Gasteiger partial charge in [-0.2, -0.15) is 0 Å². The van der Waals surface area contributed by atoms with Gasteiger partial charge < -0.3 is 14.7 Å². The maximum Gasteiger partial charge on any atom is 0.227 e. The Bertz CT molecular complexity index is 816. The Morgan fingerprint density at radius 1 is 1.04 bits per heavy atom. The lowest BCUT2D eigenvalue weighted by atomic mass is 9.96. The van der Waals surface area contributed by atoms with Crippen molar-refractivity contribution >= 4 is 29.0 Å². The standard InChI is InChI=1S/C20H25N5O2S/c1-15(26)23-9-11-24(12-10-23)20(27)16-4-2-8-25(14-16)19-7-6-17(21-22-19)18-5-3-13-28-18/h3,5-7,13,16H,2,4,8-12,14H2,1H3. The molecule has 0 spiro atoms. The van der Waals surface area contributed by atoms with Crippen molar-refractivity contribution in [1.82, 2.24) is 20.0 Å². The molecule has 1 unspecified atom stereocenters. The maximum absolute atomic E-state index is 13.0. The van der Waals surface area contributed by atoms with Crippen LogP contribution in [0.1, 0.15) is 19.8 Å². The second kappa shape index (κ2) is 8.26. The van der Waals surface area contributed by atoms with Gasteiger partial charge in [0.2, 0.25) is 11.8 Å².